The van der Waals surface area contributed by atoms with Crippen molar-refractivity contribution in [3.05, 3.63) is 92.4 Å². The van der Waals surface area contributed by atoms with Gasteiger partial charge in [-0.15, -0.1) is 0 Å². The smallest absolute Gasteiger partial charge is 0.288 e. The van der Waals surface area contributed by atoms with Crippen molar-refractivity contribution in [3.8, 4) is 0 Å². The highest BCUT2D eigenvalue weighted by molar-refractivity contribution is 9.10. The maximum atomic E-state index is 13.4. The van der Waals surface area contributed by atoms with Crippen molar-refractivity contribution < 1.29 is 13.2 Å². The van der Waals surface area contributed by atoms with Crippen LogP contribution in [0, 0.1) is 0 Å². The molecule has 1 aliphatic heterocycles. The Labute approximate surface area is 193 Å². The quantitative estimate of drug-likeness (QED) is 0.414. The van der Waals surface area contributed by atoms with Crippen LogP contribution in [0.15, 0.2) is 76.1 Å². The van der Waals surface area contributed by atoms with Crippen LogP contribution in [-0.4, -0.2) is 18.8 Å². The molecule has 1 aliphatic rings. The summed E-state index contributed by atoms with van der Waals surface area (Å²) in [5, 5.41) is 0.227. The van der Waals surface area contributed by atoms with E-state index in [0.29, 0.717) is 5.56 Å². The molecule has 154 valence electrons. The van der Waals surface area contributed by atoms with Crippen molar-refractivity contribution in [3.63, 3.8) is 0 Å². The average Bonchev–Trinajstić information content (AvgIpc) is 2.70. The van der Waals surface area contributed by atoms with E-state index in [0.717, 1.165) is 14.3 Å². The molecule has 9 heteroatoms. The number of benzene rings is 3. The number of urea groups is 1. The molecule has 0 atom stereocenters. The number of rotatable bonds is 4. The van der Waals surface area contributed by atoms with Crippen LogP contribution >= 0.6 is 39.1 Å². The third kappa shape index (κ3) is 3.95. The van der Waals surface area contributed by atoms with E-state index in [-0.39, 0.29) is 33.7 Å². The van der Waals surface area contributed by atoms with Crippen LogP contribution < -0.4 is 4.90 Å². The van der Waals surface area contributed by atoms with E-state index in [9.17, 15) is 13.2 Å². The largest absolute Gasteiger partial charge is 0.339 e. The number of carbonyl (C=O) groups excluding carboxylic acids is 1. The van der Waals surface area contributed by atoms with Crippen molar-refractivity contribution in [1.82, 2.24) is 4.31 Å². The number of carbonyl (C=O) groups is 1. The molecule has 0 aromatic heterocycles. The second kappa shape index (κ2) is 8.23. The second-order valence-corrected chi connectivity index (χ2v) is 10.3. The Morgan fingerprint density at radius 1 is 0.867 bits per heavy atom. The van der Waals surface area contributed by atoms with Gasteiger partial charge in [-0.2, -0.15) is 0 Å². The molecule has 2 amide bonds. The van der Waals surface area contributed by atoms with E-state index >= 15 is 0 Å². The summed E-state index contributed by atoms with van der Waals surface area (Å²) in [5.74, 6) is 0. The lowest BCUT2D eigenvalue weighted by Gasteiger charge is -2.37. The van der Waals surface area contributed by atoms with Crippen molar-refractivity contribution in [2.75, 3.05) is 4.90 Å². The van der Waals surface area contributed by atoms with Crippen LogP contribution in [0.3, 0.4) is 0 Å². The molecule has 30 heavy (non-hydrogen) atoms. The molecule has 0 unspecified atom stereocenters. The highest BCUT2D eigenvalue weighted by atomic mass is 79.9. The highest BCUT2D eigenvalue weighted by Crippen LogP contribution is 2.42. The fourth-order valence-corrected chi connectivity index (χ4v) is 5.90. The summed E-state index contributed by atoms with van der Waals surface area (Å²) >= 11 is 15.8. The molecule has 0 fully saturated rings. The predicted octanol–water partition coefficient (Wildman–Crippen LogP) is 6.09. The third-order valence-corrected chi connectivity index (χ3v) is 7.66. The number of halogens is 3. The molecule has 3 aromatic carbocycles. The first kappa shape index (κ1) is 21.2. The van der Waals surface area contributed by atoms with E-state index < -0.39 is 16.1 Å². The van der Waals surface area contributed by atoms with Gasteiger partial charge in [0.25, 0.3) is 10.0 Å². The third-order valence-electron chi connectivity index (χ3n) is 4.69. The summed E-state index contributed by atoms with van der Waals surface area (Å²) < 4.78 is 28.4. The van der Waals surface area contributed by atoms with Gasteiger partial charge in [0.1, 0.15) is 4.90 Å². The Balaban J connectivity index is 1.84. The van der Waals surface area contributed by atoms with Gasteiger partial charge in [-0.05, 0) is 35.4 Å². The van der Waals surface area contributed by atoms with Gasteiger partial charge in [0.15, 0.2) is 0 Å². The Kier molecular flexibility index (Phi) is 5.81. The first-order chi connectivity index (χ1) is 14.3. The molecule has 4 rings (SSSR count). The molecule has 0 radical (unpaired) electrons. The molecular weight excluding hydrogens is 511 g/mol. The van der Waals surface area contributed by atoms with Gasteiger partial charge in [-0.3, -0.25) is 4.90 Å². The minimum Gasteiger partial charge on any atom is -0.288 e. The number of nitrogens with zero attached hydrogens (tertiary/aromatic N) is 2. The van der Waals surface area contributed by atoms with Gasteiger partial charge < -0.3 is 0 Å². The summed E-state index contributed by atoms with van der Waals surface area (Å²) in [7, 11) is -4.17. The number of anilines is 1. The lowest BCUT2D eigenvalue weighted by atomic mass is 10.2. The molecule has 3 aromatic rings. The maximum absolute atomic E-state index is 13.4. The van der Waals surface area contributed by atoms with Gasteiger partial charge in [0, 0.05) is 9.50 Å². The number of amides is 2. The lowest BCUT2D eigenvalue weighted by Crippen LogP contribution is -2.50. The second-order valence-electron chi connectivity index (χ2n) is 6.73. The summed E-state index contributed by atoms with van der Waals surface area (Å²) in [6.07, 6.45) is 0. The monoisotopic (exact) mass is 524 g/mol. The molecule has 0 bridgehead atoms. The topological polar surface area (TPSA) is 57.7 Å². The molecule has 0 saturated heterocycles. The Morgan fingerprint density at radius 3 is 2.17 bits per heavy atom. The molecule has 0 spiro atoms. The van der Waals surface area contributed by atoms with E-state index in [2.05, 4.69) is 15.9 Å². The SMILES string of the molecule is O=C1N(Cc2ccccc2)c2cc(Cl)cc(Cl)c2S(=O)(=O)N1Cc1ccc(Br)cc1. The molecule has 5 nitrogen and oxygen atoms in total. The standard InChI is InChI=1S/C21H15BrCl2N2O3S/c22-16-8-6-15(7-9-16)13-26-21(27)25(12-14-4-2-1-3-5-14)19-11-17(23)10-18(24)20(19)30(26,28)29/h1-11H,12-13H2. The van der Waals surface area contributed by atoms with Crippen LogP contribution in [0.25, 0.3) is 0 Å². The van der Waals surface area contributed by atoms with Crippen LogP contribution in [0.2, 0.25) is 10.0 Å². The molecule has 0 saturated carbocycles. The highest BCUT2D eigenvalue weighted by Gasteiger charge is 2.43. The van der Waals surface area contributed by atoms with Crippen molar-refractivity contribution in [2.45, 2.75) is 18.0 Å². The van der Waals surface area contributed by atoms with Crippen molar-refractivity contribution in [2.24, 2.45) is 0 Å². The van der Waals surface area contributed by atoms with Crippen LogP contribution in [0.5, 0.6) is 0 Å². The van der Waals surface area contributed by atoms with Crippen LogP contribution in [-0.2, 0) is 23.1 Å². The normalized spacial score (nSPS) is 15.2. The summed E-state index contributed by atoms with van der Waals surface area (Å²) in [6, 6.07) is 18.6. The lowest BCUT2D eigenvalue weighted by molar-refractivity contribution is 0.226. The number of sulfonamides is 1. The zero-order chi connectivity index (χ0) is 21.5. The van der Waals surface area contributed by atoms with Crippen LogP contribution in [0.1, 0.15) is 11.1 Å². The van der Waals surface area contributed by atoms with Gasteiger partial charge >= 0.3 is 6.03 Å². The molecular formula is C21H15BrCl2N2O3S. The minimum absolute atomic E-state index is 0.0242. The first-order valence-corrected chi connectivity index (χ1v) is 11.9. The average molecular weight is 526 g/mol. The number of hydrogen-bond donors (Lipinski definition) is 0. The molecule has 0 N–H and O–H groups in total. The van der Waals surface area contributed by atoms with Gasteiger partial charge in [-0.1, -0.05) is 81.6 Å². The van der Waals surface area contributed by atoms with E-state index in [4.69, 9.17) is 23.2 Å². The van der Waals surface area contributed by atoms with Crippen molar-refractivity contribution >= 4 is 60.9 Å². The Hall–Kier alpha value is -2.06. The Morgan fingerprint density at radius 2 is 1.50 bits per heavy atom. The fourth-order valence-electron chi connectivity index (χ4n) is 3.28. The van der Waals surface area contributed by atoms with Crippen LogP contribution in [0.4, 0.5) is 10.5 Å². The number of hydrogen-bond acceptors (Lipinski definition) is 3. The first-order valence-electron chi connectivity index (χ1n) is 8.89. The molecule has 0 aliphatic carbocycles. The summed E-state index contributed by atoms with van der Waals surface area (Å²) in [6.45, 7) is 0.0633. The van der Waals surface area contributed by atoms with E-state index in [1.165, 1.54) is 17.0 Å². The number of fused-ring (bicyclic) bond motifs is 1. The Bertz CT molecular complexity index is 1220. The van der Waals surface area contributed by atoms with Gasteiger partial charge in [-0.25, -0.2) is 17.5 Å². The predicted molar refractivity (Wildman–Crippen MR) is 121 cm³/mol. The summed E-state index contributed by atoms with van der Waals surface area (Å²) in [5.41, 5.74) is 1.69. The van der Waals surface area contributed by atoms with Gasteiger partial charge in [0.05, 0.1) is 23.8 Å². The zero-order valence-electron chi connectivity index (χ0n) is 15.4. The van der Waals surface area contributed by atoms with Gasteiger partial charge in [0.2, 0.25) is 0 Å². The minimum atomic E-state index is -4.17. The van der Waals surface area contributed by atoms with E-state index in [1.807, 2.05) is 30.3 Å². The fraction of sp³-hybridized carbons (Fsp3) is 0.0952. The van der Waals surface area contributed by atoms with E-state index in [1.54, 1.807) is 24.3 Å². The van der Waals surface area contributed by atoms with Crippen molar-refractivity contribution in [1.29, 1.82) is 0 Å². The zero-order valence-corrected chi connectivity index (χ0v) is 19.3. The molecule has 1 heterocycles. The summed E-state index contributed by atoms with van der Waals surface area (Å²) in [4.78, 5) is 14.6. The maximum Gasteiger partial charge on any atom is 0.339 e.